The Morgan fingerprint density at radius 1 is 1.33 bits per heavy atom. The minimum absolute atomic E-state index is 0.0343. The molecule has 0 spiro atoms. The molecule has 0 saturated carbocycles. The topological polar surface area (TPSA) is 98.9 Å². The molecule has 1 aromatic carbocycles. The van der Waals surface area contributed by atoms with Gasteiger partial charge in [0.25, 0.3) is 0 Å². The van der Waals surface area contributed by atoms with Crippen molar-refractivity contribution in [1.29, 1.82) is 0 Å². The van der Waals surface area contributed by atoms with E-state index in [1.54, 1.807) is 18.8 Å². The van der Waals surface area contributed by atoms with Gasteiger partial charge in [-0.25, -0.2) is 4.79 Å². The molecule has 9 heteroatoms. The zero-order valence-corrected chi connectivity index (χ0v) is 21.9. The zero-order valence-electron chi connectivity index (χ0n) is 20.2. The van der Waals surface area contributed by atoms with Gasteiger partial charge in [0.05, 0.1) is 6.04 Å². The first-order valence-electron chi connectivity index (χ1n) is 11.6. The Morgan fingerprint density at radius 3 is 2.58 bits per heavy atom. The van der Waals surface area contributed by atoms with E-state index in [1.165, 1.54) is 10.5 Å². The van der Waals surface area contributed by atoms with Crippen LogP contribution in [0, 0.1) is 5.92 Å². The van der Waals surface area contributed by atoms with E-state index in [-0.39, 0.29) is 18.0 Å². The molecule has 186 valence electrons. The second kappa shape index (κ2) is 13.6. The molecular weight excluding hydrogens is 456 g/mol. The third kappa shape index (κ3) is 7.89. The second-order valence-corrected chi connectivity index (χ2v) is 10.6. The summed E-state index contributed by atoms with van der Waals surface area (Å²) in [7, 11) is 1.63. The Hall–Kier alpha value is -1.26. The molecule has 0 fully saturated rings. The van der Waals surface area contributed by atoms with Crippen LogP contribution in [0.25, 0.3) is 0 Å². The third-order valence-corrected chi connectivity index (χ3v) is 7.55. The molecule has 1 aliphatic rings. The van der Waals surface area contributed by atoms with Gasteiger partial charge in [0.1, 0.15) is 6.04 Å². The van der Waals surface area contributed by atoms with Crippen LogP contribution in [0.5, 0.6) is 0 Å². The third-order valence-electron chi connectivity index (χ3n) is 6.44. The Morgan fingerprint density at radius 2 is 2.00 bits per heavy atom. The highest BCUT2D eigenvalue weighted by Gasteiger charge is 2.37. The number of fused-ring (bicyclic) bond motifs is 1. The summed E-state index contributed by atoms with van der Waals surface area (Å²) in [5.74, 6) is 0.554. The highest BCUT2D eigenvalue weighted by molar-refractivity contribution is 7.98. The monoisotopic (exact) mass is 496 g/mol. The van der Waals surface area contributed by atoms with Gasteiger partial charge in [-0.15, -0.1) is 0 Å². The quantitative estimate of drug-likeness (QED) is 0.310. The largest absolute Gasteiger partial charge is 0.480 e. The number of hydrogen-bond acceptors (Lipinski definition) is 7. The van der Waals surface area contributed by atoms with Crippen molar-refractivity contribution in [3.05, 3.63) is 35.4 Å². The molecular formula is C24H40N4O3S2. The molecule has 4 atom stereocenters. The number of amides is 1. The van der Waals surface area contributed by atoms with Crippen LogP contribution in [0.3, 0.4) is 0 Å². The number of benzene rings is 1. The van der Waals surface area contributed by atoms with Crippen molar-refractivity contribution < 1.29 is 14.7 Å². The molecule has 0 unspecified atom stereocenters. The lowest BCUT2D eigenvalue weighted by atomic mass is 9.91. The summed E-state index contributed by atoms with van der Waals surface area (Å²) in [5.41, 5.74) is 8.44. The molecule has 4 N–H and O–H groups in total. The summed E-state index contributed by atoms with van der Waals surface area (Å²) in [5, 5.41) is 13.3. The molecule has 1 amide bonds. The molecule has 1 aromatic rings. The van der Waals surface area contributed by atoms with Crippen LogP contribution < -0.4 is 11.1 Å². The Bertz CT molecular complexity index is 780. The van der Waals surface area contributed by atoms with Gasteiger partial charge in [-0.2, -0.15) is 24.4 Å². The van der Waals surface area contributed by atoms with Gasteiger partial charge < -0.3 is 21.1 Å². The molecule has 0 radical (unpaired) electrons. The fourth-order valence-electron chi connectivity index (χ4n) is 4.24. The van der Waals surface area contributed by atoms with Crippen molar-refractivity contribution in [3.8, 4) is 0 Å². The fourth-order valence-corrected chi connectivity index (χ4v) is 4.83. The van der Waals surface area contributed by atoms with E-state index in [2.05, 4.69) is 48.8 Å². The van der Waals surface area contributed by atoms with E-state index in [1.807, 2.05) is 18.4 Å². The van der Waals surface area contributed by atoms with Crippen LogP contribution in [0.15, 0.2) is 24.3 Å². The summed E-state index contributed by atoms with van der Waals surface area (Å²) in [6.45, 7) is 6.32. The molecule has 0 aromatic heterocycles. The van der Waals surface area contributed by atoms with Crippen molar-refractivity contribution in [2.24, 2.45) is 11.7 Å². The van der Waals surface area contributed by atoms with E-state index in [9.17, 15) is 14.7 Å². The standard InChI is InChI=1S/C24H40N4O3S2/c1-16(2)20(26-12-19(25)15-32)14-28-13-18-8-6-5-7-17(18)11-22(28)23(29)27(3)21(24(30)31)9-10-33-4/h5-8,16,19-22,26,32H,9-15,25H2,1-4H3,(H,30,31)/t19-,20+,21+,22+/m1/s1. The summed E-state index contributed by atoms with van der Waals surface area (Å²) >= 11 is 5.87. The number of aliphatic carboxylic acids is 1. The van der Waals surface area contributed by atoms with Gasteiger partial charge in [0, 0.05) is 44.5 Å². The maximum Gasteiger partial charge on any atom is 0.326 e. The highest BCUT2D eigenvalue weighted by atomic mass is 32.2. The van der Waals surface area contributed by atoms with Crippen molar-refractivity contribution in [2.75, 3.05) is 37.9 Å². The lowest BCUT2D eigenvalue weighted by molar-refractivity contribution is -0.151. The van der Waals surface area contributed by atoms with Crippen LogP contribution in [0.2, 0.25) is 0 Å². The molecule has 0 saturated heterocycles. The number of nitrogens with one attached hydrogen (secondary N) is 1. The van der Waals surface area contributed by atoms with Crippen LogP contribution in [0.4, 0.5) is 0 Å². The second-order valence-electron chi connectivity index (χ2n) is 9.20. The zero-order chi connectivity index (χ0) is 24.5. The summed E-state index contributed by atoms with van der Waals surface area (Å²) < 4.78 is 0. The number of likely N-dealkylation sites (N-methyl/N-ethyl adjacent to an activating group) is 1. The van der Waals surface area contributed by atoms with E-state index in [0.29, 0.717) is 49.9 Å². The van der Waals surface area contributed by atoms with Crippen molar-refractivity contribution in [3.63, 3.8) is 0 Å². The number of rotatable bonds is 13. The first-order valence-corrected chi connectivity index (χ1v) is 13.6. The number of carboxylic acid groups (broad SMARTS) is 1. The molecule has 1 aliphatic heterocycles. The number of carbonyl (C=O) groups is 2. The number of carbonyl (C=O) groups excluding carboxylic acids is 1. The summed E-state index contributed by atoms with van der Waals surface area (Å²) in [6.07, 6.45) is 2.95. The number of thioether (sulfide) groups is 1. The van der Waals surface area contributed by atoms with Crippen LogP contribution in [-0.2, 0) is 22.6 Å². The Kier molecular flexibility index (Phi) is 11.5. The summed E-state index contributed by atoms with van der Waals surface area (Å²) in [4.78, 5) is 29.2. The average molecular weight is 497 g/mol. The number of thiol groups is 1. The lowest BCUT2D eigenvalue weighted by Crippen LogP contribution is -2.58. The smallest absolute Gasteiger partial charge is 0.326 e. The van der Waals surface area contributed by atoms with Gasteiger partial charge in [-0.1, -0.05) is 38.1 Å². The molecule has 7 nitrogen and oxygen atoms in total. The molecule has 1 heterocycles. The van der Waals surface area contributed by atoms with E-state index in [4.69, 9.17) is 5.73 Å². The predicted octanol–water partition coefficient (Wildman–Crippen LogP) is 1.95. The maximum atomic E-state index is 13.7. The van der Waals surface area contributed by atoms with Crippen molar-refractivity contribution in [2.45, 2.75) is 57.4 Å². The van der Waals surface area contributed by atoms with Gasteiger partial charge in [-0.05, 0) is 41.9 Å². The van der Waals surface area contributed by atoms with Crippen LogP contribution in [-0.4, -0.2) is 88.8 Å². The summed E-state index contributed by atoms with van der Waals surface area (Å²) in [6, 6.07) is 7.09. The van der Waals surface area contributed by atoms with E-state index >= 15 is 0 Å². The Balaban J connectivity index is 2.27. The van der Waals surface area contributed by atoms with Gasteiger partial charge in [-0.3, -0.25) is 9.69 Å². The van der Waals surface area contributed by atoms with Crippen LogP contribution >= 0.6 is 24.4 Å². The lowest BCUT2D eigenvalue weighted by Gasteiger charge is -2.41. The fraction of sp³-hybridized carbons (Fsp3) is 0.667. The number of hydrogen-bond donors (Lipinski definition) is 4. The minimum atomic E-state index is -0.954. The predicted molar refractivity (Wildman–Crippen MR) is 140 cm³/mol. The van der Waals surface area contributed by atoms with Crippen LogP contribution in [0.1, 0.15) is 31.4 Å². The normalized spacial score (nSPS) is 19.1. The minimum Gasteiger partial charge on any atom is -0.480 e. The average Bonchev–Trinajstić information content (AvgIpc) is 2.80. The molecule has 0 bridgehead atoms. The van der Waals surface area contributed by atoms with Crippen molar-refractivity contribution >= 4 is 36.3 Å². The van der Waals surface area contributed by atoms with Gasteiger partial charge in [0.15, 0.2) is 0 Å². The Labute approximate surface area is 208 Å². The first-order chi connectivity index (χ1) is 15.7. The van der Waals surface area contributed by atoms with E-state index in [0.717, 1.165) is 5.56 Å². The SMILES string of the molecule is CSCC[C@@H](C(=O)O)N(C)C(=O)[C@@H]1Cc2ccccc2CN1C[C@H](NC[C@@H](N)CS)C(C)C. The maximum absolute atomic E-state index is 13.7. The number of carboxylic acids is 1. The molecule has 0 aliphatic carbocycles. The van der Waals surface area contributed by atoms with Gasteiger partial charge >= 0.3 is 5.97 Å². The molecule has 33 heavy (non-hydrogen) atoms. The highest BCUT2D eigenvalue weighted by Crippen LogP contribution is 2.26. The number of nitrogens with zero attached hydrogens (tertiary/aromatic N) is 2. The molecule has 2 rings (SSSR count). The van der Waals surface area contributed by atoms with Gasteiger partial charge in [0.2, 0.25) is 5.91 Å². The van der Waals surface area contributed by atoms with Crippen molar-refractivity contribution in [1.82, 2.24) is 15.1 Å². The van der Waals surface area contributed by atoms with E-state index < -0.39 is 18.1 Å². The first kappa shape index (κ1) is 28.0. The number of nitrogens with two attached hydrogens (primary N) is 1.